The number of ketones is 1. The highest BCUT2D eigenvalue weighted by atomic mass is 19.4. The van der Waals surface area contributed by atoms with E-state index < -0.39 is 29.5 Å². The molecule has 0 radical (unpaired) electrons. The molecule has 1 saturated heterocycles. The van der Waals surface area contributed by atoms with Crippen LogP contribution in [-0.4, -0.2) is 38.0 Å². The molecule has 1 fully saturated rings. The number of hydrogen-bond donors (Lipinski definition) is 1. The molecular weight excluding hydrogens is 521 g/mol. The van der Waals surface area contributed by atoms with Crippen LogP contribution in [0.3, 0.4) is 0 Å². The van der Waals surface area contributed by atoms with Crippen molar-refractivity contribution in [3.05, 3.63) is 94.1 Å². The second kappa shape index (κ2) is 10.7. The summed E-state index contributed by atoms with van der Waals surface area (Å²) in [7, 11) is 5.28. The van der Waals surface area contributed by atoms with Gasteiger partial charge in [-0.2, -0.15) is 13.2 Å². The molecule has 1 aliphatic rings. The maximum absolute atomic E-state index is 13.5. The molecule has 1 atom stereocenters. The number of carbonyl (C=O) groups is 2. The van der Waals surface area contributed by atoms with E-state index in [-0.39, 0.29) is 22.9 Å². The SMILES string of the molecule is COc1cc(C)c(/C(O)=C2\C(=O)C(=O)N(c3ccc(C(F)(F)F)cc3)C2c2ccc(N(C)C)cc2)cc1C(C)C. The van der Waals surface area contributed by atoms with E-state index in [9.17, 15) is 27.9 Å². The van der Waals surface area contributed by atoms with Crippen LogP contribution in [0.1, 0.15) is 53.6 Å². The zero-order chi connectivity index (χ0) is 29.5. The molecule has 9 heteroatoms. The Morgan fingerprint density at radius 2 is 1.60 bits per heavy atom. The van der Waals surface area contributed by atoms with Gasteiger partial charge in [0, 0.05) is 31.0 Å². The number of nitrogens with zero attached hydrogens (tertiary/aromatic N) is 2. The van der Waals surface area contributed by atoms with Gasteiger partial charge in [-0.25, -0.2) is 0 Å². The number of alkyl halides is 3. The fraction of sp³-hybridized carbons (Fsp3) is 0.290. The number of anilines is 2. The van der Waals surface area contributed by atoms with E-state index in [1.54, 1.807) is 50.4 Å². The number of carbonyl (C=O) groups excluding carboxylic acids is 2. The van der Waals surface area contributed by atoms with Gasteiger partial charge in [0.1, 0.15) is 11.5 Å². The first-order valence-corrected chi connectivity index (χ1v) is 12.7. The van der Waals surface area contributed by atoms with Gasteiger partial charge < -0.3 is 14.7 Å². The van der Waals surface area contributed by atoms with Crippen LogP contribution in [0.4, 0.5) is 24.5 Å². The average Bonchev–Trinajstić information content (AvgIpc) is 3.17. The van der Waals surface area contributed by atoms with Crippen molar-refractivity contribution in [2.24, 2.45) is 0 Å². The van der Waals surface area contributed by atoms with Crippen molar-refractivity contribution in [1.82, 2.24) is 0 Å². The van der Waals surface area contributed by atoms with Crippen molar-refractivity contribution < 1.29 is 32.6 Å². The van der Waals surface area contributed by atoms with Crippen molar-refractivity contribution in [2.75, 3.05) is 31.0 Å². The lowest BCUT2D eigenvalue weighted by molar-refractivity contribution is -0.137. The first-order valence-electron chi connectivity index (χ1n) is 12.7. The summed E-state index contributed by atoms with van der Waals surface area (Å²) in [6, 6.07) is 13.5. The number of aryl methyl sites for hydroxylation is 1. The average molecular weight is 553 g/mol. The summed E-state index contributed by atoms with van der Waals surface area (Å²) in [5.41, 5.74) is 2.25. The number of Topliss-reactive ketones (excluding diaryl/α,β-unsaturated/α-hetero) is 1. The summed E-state index contributed by atoms with van der Waals surface area (Å²) in [6.45, 7) is 5.69. The number of hydrogen-bond acceptors (Lipinski definition) is 5. The summed E-state index contributed by atoms with van der Waals surface area (Å²) in [6.07, 6.45) is -4.56. The number of aliphatic hydroxyl groups is 1. The van der Waals surface area contributed by atoms with Gasteiger partial charge in [0.2, 0.25) is 0 Å². The third-order valence-electron chi connectivity index (χ3n) is 7.10. The van der Waals surface area contributed by atoms with Gasteiger partial charge in [-0.1, -0.05) is 26.0 Å². The van der Waals surface area contributed by atoms with E-state index in [0.29, 0.717) is 22.4 Å². The quantitative estimate of drug-likeness (QED) is 0.206. The Balaban J connectivity index is 1.96. The fourth-order valence-electron chi connectivity index (χ4n) is 4.91. The van der Waals surface area contributed by atoms with Crippen LogP contribution >= 0.6 is 0 Å². The van der Waals surface area contributed by atoms with Crippen LogP contribution in [0, 0.1) is 6.92 Å². The number of aliphatic hydroxyl groups excluding tert-OH is 1. The lowest BCUT2D eigenvalue weighted by Crippen LogP contribution is -2.29. The highest BCUT2D eigenvalue weighted by Gasteiger charge is 2.47. The van der Waals surface area contributed by atoms with Gasteiger partial charge in [0.05, 0.1) is 24.3 Å². The molecule has 1 unspecified atom stereocenters. The van der Waals surface area contributed by atoms with Crippen LogP contribution in [0.5, 0.6) is 5.75 Å². The van der Waals surface area contributed by atoms with Crippen LogP contribution in [0.25, 0.3) is 5.76 Å². The number of methoxy groups -OCH3 is 1. The van der Waals surface area contributed by atoms with E-state index in [0.717, 1.165) is 40.4 Å². The molecule has 0 aliphatic carbocycles. The highest BCUT2D eigenvalue weighted by Crippen LogP contribution is 2.44. The second-order valence-electron chi connectivity index (χ2n) is 10.3. The molecule has 3 aromatic rings. The molecular formula is C31H31F3N2O4. The maximum Gasteiger partial charge on any atom is 0.416 e. The minimum absolute atomic E-state index is 0.0334. The Hall–Kier alpha value is -4.27. The van der Waals surface area contributed by atoms with Crippen LogP contribution in [0.15, 0.2) is 66.2 Å². The zero-order valence-electron chi connectivity index (χ0n) is 23.1. The van der Waals surface area contributed by atoms with Gasteiger partial charge in [-0.15, -0.1) is 0 Å². The molecule has 4 rings (SSSR count). The standard InChI is InChI=1S/C31H31F3N2O4/c1-17(2)23-16-24(18(3)15-25(23)40-6)28(37)26-27(19-7-11-21(12-8-19)35(4)5)36(30(39)29(26)38)22-13-9-20(10-14-22)31(32,33)34/h7-17,27,37H,1-6H3/b28-26+. The van der Waals surface area contributed by atoms with E-state index >= 15 is 0 Å². The largest absolute Gasteiger partial charge is 0.507 e. The number of benzene rings is 3. The van der Waals surface area contributed by atoms with E-state index in [1.807, 2.05) is 32.8 Å². The molecule has 6 nitrogen and oxygen atoms in total. The van der Waals surface area contributed by atoms with Gasteiger partial charge in [-0.05, 0) is 78.1 Å². The van der Waals surface area contributed by atoms with E-state index in [1.165, 1.54) is 0 Å². The van der Waals surface area contributed by atoms with Gasteiger partial charge in [0.15, 0.2) is 0 Å². The Kier molecular flexibility index (Phi) is 7.70. The van der Waals surface area contributed by atoms with Gasteiger partial charge >= 0.3 is 6.18 Å². The summed E-state index contributed by atoms with van der Waals surface area (Å²) in [5, 5.41) is 11.6. The van der Waals surface area contributed by atoms with Crippen molar-refractivity contribution in [1.29, 1.82) is 0 Å². The summed E-state index contributed by atoms with van der Waals surface area (Å²) in [4.78, 5) is 30.0. The van der Waals surface area contributed by atoms with E-state index in [2.05, 4.69) is 0 Å². The zero-order valence-corrected chi connectivity index (χ0v) is 23.1. The lowest BCUT2D eigenvalue weighted by atomic mass is 9.91. The van der Waals surface area contributed by atoms with Crippen molar-refractivity contribution in [3.8, 4) is 5.75 Å². The first-order chi connectivity index (χ1) is 18.8. The summed E-state index contributed by atoms with van der Waals surface area (Å²) < 4.78 is 45.2. The third kappa shape index (κ3) is 5.15. The minimum atomic E-state index is -4.56. The normalized spacial score (nSPS) is 17.1. The molecule has 210 valence electrons. The topological polar surface area (TPSA) is 70.1 Å². The minimum Gasteiger partial charge on any atom is -0.507 e. The number of ether oxygens (including phenoxy) is 1. The van der Waals surface area contributed by atoms with Crippen LogP contribution in [-0.2, 0) is 15.8 Å². The number of halogens is 3. The predicted molar refractivity (Wildman–Crippen MR) is 149 cm³/mol. The molecule has 3 aromatic carbocycles. The molecule has 0 bridgehead atoms. The highest BCUT2D eigenvalue weighted by molar-refractivity contribution is 6.51. The summed E-state index contributed by atoms with van der Waals surface area (Å²) >= 11 is 0. The molecule has 40 heavy (non-hydrogen) atoms. The molecule has 0 aromatic heterocycles. The Labute approximate surface area is 231 Å². The smallest absolute Gasteiger partial charge is 0.416 e. The molecule has 0 spiro atoms. The van der Waals surface area contributed by atoms with Crippen molar-refractivity contribution in [2.45, 2.75) is 38.9 Å². The molecule has 1 N–H and O–H groups in total. The number of amides is 1. The fourth-order valence-corrected chi connectivity index (χ4v) is 4.91. The van der Waals surface area contributed by atoms with Gasteiger partial charge in [-0.3, -0.25) is 14.5 Å². The maximum atomic E-state index is 13.5. The van der Waals surface area contributed by atoms with Crippen LogP contribution in [0.2, 0.25) is 0 Å². The molecule has 1 amide bonds. The summed E-state index contributed by atoms with van der Waals surface area (Å²) in [5.74, 6) is -1.58. The first kappa shape index (κ1) is 28.7. The van der Waals surface area contributed by atoms with Gasteiger partial charge in [0.25, 0.3) is 11.7 Å². The number of rotatable bonds is 6. The van der Waals surface area contributed by atoms with Crippen molar-refractivity contribution in [3.63, 3.8) is 0 Å². The molecule has 1 heterocycles. The predicted octanol–water partition coefficient (Wildman–Crippen LogP) is 6.84. The Morgan fingerprint density at radius 3 is 2.10 bits per heavy atom. The monoisotopic (exact) mass is 552 g/mol. The van der Waals surface area contributed by atoms with E-state index in [4.69, 9.17) is 4.74 Å². The lowest BCUT2D eigenvalue weighted by Gasteiger charge is -2.26. The second-order valence-corrected chi connectivity index (χ2v) is 10.3. The molecule has 1 aliphatic heterocycles. The van der Waals surface area contributed by atoms with Crippen LogP contribution < -0.4 is 14.5 Å². The Bertz CT molecular complexity index is 1470. The Morgan fingerprint density at radius 1 is 1.00 bits per heavy atom. The third-order valence-corrected chi connectivity index (χ3v) is 7.10. The van der Waals surface area contributed by atoms with Crippen molar-refractivity contribution >= 4 is 28.8 Å². The molecule has 0 saturated carbocycles.